The van der Waals surface area contributed by atoms with Gasteiger partial charge in [0.2, 0.25) is 0 Å². The molecule has 7 heteroatoms. The Hall–Kier alpha value is -0.700. The van der Waals surface area contributed by atoms with E-state index in [1.54, 1.807) is 6.33 Å². The summed E-state index contributed by atoms with van der Waals surface area (Å²) in [5.74, 6) is 1.20. The molecule has 1 aromatic rings. The van der Waals surface area contributed by atoms with Gasteiger partial charge >= 0.3 is 5.97 Å². The molecule has 0 spiro atoms. The number of nitrogens with zero attached hydrogens (tertiary/aromatic N) is 3. The fourth-order valence-corrected chi connectivity index (χ4v) is 2.01. The fraction of sp³-hybridized carbons (Fsp3) is 0.727. The second kappa shape index (κ2) is 7.67. The largest absolute Gasteiger partial charge is 0.468 e. The standard InChI is InChI=1S/C11H19IN4O2/c1-8(2)6-16-10(14-7-15-16)5-13-4-9(12)11(17)18-3/h7-9,13H,4-6H2,1-3H3. The van der Waals surface area contributed by atoms with E-state index in [9.17, 15) is 4.79 Å². The Bertz CT molecular complexity index is 381. The number of ether oxygens (including phenoxy) is 1. The molecule has 102 valence electrons. The van der Waals surface area contributed by atoms with Crippen LogP contribution in [-0.4, -0.2) is 38.3 Å². The summed E-state index contributed by atoms with van der Waals surface area (Å²) in [5.41, 5.74) is 0. The monoisotopic (exact) mass is 366 g/mol. The van der Waals surface area contributed by atoms with Crippen molar-refractivity contribution in [3.05, 3.63) is 12.2 Å². The lowest BCUT2D eigenvalue weighted by atomic mass is 10.2. The molecule has 0 radical (unpaired) electrons. The molecular weight excluding hydrogens is 347 g/mol. The van der Waals surface area contributed by atoms with Crippen LogP contribution >= 0.6 is 22.6 Å². The highest BCUT2D eigenvalue weighted by atomic mass is 127. The zero-order chi connectivity index (χ0) is 13.5. The van der Waals surface area contributed by atoms with Gasteiger partial charge in [-0.25, -0.2) is 9.67 Å². The fourth-order valence-electron chi connectivity index (χ4n) is 1.45. The molecule has 0 amide bonds. The molecule has 1 aromatic heterocycles. The molecule has 0 fully saturated rings. The van der Waals surface area contributed by atoms with E-state index in [1.165, 1.54) is 7.11 Å². The smallest absolute Gasteiger partial charge is 0.319 e. The van der Waals surface area contributed by atoms with Crippen molar-refractivity contribution in [2.24, 2.45) is 5.92 Å². The van der Waals surface area contributed by atoms with Crippen LogP contribution in [0.1, 0.15) is 19.7 Å². The summed E-state index contributed by atoms with van der Waals surface area (Å²) in [5, 5.41) is 7.36. The summed E-state index contributed by atoms with van der Waals surface area (Å²) in [6, 6.07) is 0. The van der Waals surface area contributed by atoms with Gasteiger partial charge in [0.05, 0.1) is 13.7 Å². The first-order valence-electron chi connectivity index (χ1n) is 5.84. The maximum Gasteiger partial charge on any atom is 0.319 e. The van der Waals surface area contributed by atoms with Crippen molar-refractivity contribution < 1.29 is 9.53 Å². The Labute approximate surface area is 121 Å². The first-order chi connectivity index (χ1) is 8.54. The molecule has 0 bridgehead atoms. The molecule has 0 aromatic carbocycles. The van der Waals surface area contributed by atoms with Gasteiger partial charge in [-0.3, -0.25) is 4.79 Å². The van der Waals surface area contributed by atoms with Crippen molar-refractivity contribution in [2.75, 3.05) is 13.7 Å². The Kier molecular flexibility index (Phi) is 6.55. The predicted molar refractivity (Wildman–Crippen MR) is 76.4 cm³/mol. The zero-order valence-electron chi connectivity index (χ0n) is 10.9. The van der Waals surface area contributed by atoms with E-state index in [-0.39, 0.29) is 9.89 Å². The number of carbonyl (C=O) groups is 1. The van der Waals surface area contributed by atoms with Gasteiger partial charge in [0.25, 0.3) is 0 Å². The lowest BCUT2D eigenvalue weighted by Gasteiger charge is -2.11. The van der Waals surface area contributed by atoms with Crippen LogP contribution in [0.4, 0.5) is 0 Å². The first kappa shape index (κ1) is 15.4. The molecule has 0 saturated carbocycles. The van der Waals surface area contributed by atoms with Crippen LogP contribution in [0.15, 0.2) is 6.33 Å². The molecule has 0 saturated heterocycles. The Morgan fingerprint density at radius 1 is 1.61 bits per heavy atom. The summed E-state index contributed by atoms with van der Waals surface area (Å²) in [4.78, 5) is 15.4. The molecule has 18 heavy (non-hydrogen) atoms. The third kappa shape index (κ3) is 4.89. The van der Waals surface area contributed by atoms with Crippen molar-refractivity contribution in [1.82, 2.24) is 20.1 Å². The number of rotatable bonds is 7. The number of halogens is 1. The van der Waals surface area contributed by atoms with Gasteiger partial charge < -0.3 is 10.1 Å². The van der Waals surface area contributed by atoms with Crippen LogP contribution in [-0.2, 0) is 22.6 Å². The van der Waals surface area contributed by atoms with Crippen LogP contribution in [0, 0.1) is 5.92 Å². The predicted octanol–water partition coefficient (Wildman–Crippen LogP) is 1.00. The summed E-state index contributed by atoms with van der Waals surface area (Å²) in [6.07, 6.45) is 1.56. The summed E-state index contributed by atoms with van der Waals surface area (Å²) in [7, 11) is 1.40. The van der Waals surface area contributed by atoms with E-state index in [0.717, 1.165) is 12.4 Å². The number of alkyl halides is 1. The van der Waals surface area contributed by atoms with Gasteiger partial charge in [0, 0.05) is 13.1 Å². The second-order valence-corrected chi connectivity index (χ2v) is 5.88. The van der Waals surface area contributed by atoms with Crippen LogP contribution in [0.25, 0.3) is 0 Å². The topological polar surface area (TPSA) is 69.0 Å². The van der Waals surface area contributed by atoms with E-state index < -0.39 is 0 Å². The lowest BCUT2D eigenvalue weighted by Crippen LogP contribution is -2.30. The maximum atomic E-state index is 11.2. The van der Waals surface area contributed by atoms with Gasteiger partial charge in [-0.05, 0) is 5.92 Å². The molecule has 1 rings (SSSR count). The van der Waals surface area contributed by atoms with Crippen LogP contribution in [0.5, 0.6) is 0 Å². The highest BCUT2D eigenvalue weighted by Crippen LogP contribution is 2.03. The molecule has 0 aliphatic carbocycles. The molecule has 0 aliphatic rings. The van der Waals surface area contributed by atoms with Gasteiger partial charge in [-0.15, -0.1) is 0 Å². The average Bonchev–Trinajstić information content (AvgIpc) is 2.74. The van der Waals surface area contributed by atoms with E-state index >= 15 is 0 Å². The number of hydrogen-bond acceptors (Lipinski definition) is 5. The number of aromatic nitrogens is 3. The Balaban J connectivity index is 2.39. The summed E-state index contributed by atoms with van der Waals surface area (Å²) < 4.78 is 6.36. The van der Waals surface area contributed by atoms with E-state index in [1.807, 2.05) is 4.68 Å². The molecule has 1 N–H and O–H groups in total. The number of nitrogens with one attached hydrogen (secondary N) is 1. The minimum Gasteiger partial charge on any atom is -0.468 e. The van der Waals surface area contributed by atoms with Crippen LogP contribution in [0.3, 0.4) is 0 Å². The first-order valence-corrected chi connectivity index (χ1v) is 7.08. The van der Waals surface area contributed by atoms with Crippen molar-refractivity contribution >= 4 is 28.6 Å². The zero-order valence-corrected chi connectivity index (χ0v) is 13.0. The van der Waals surface area contributed by atoms with Gasteiger partial charge in [0.15, 0.2) is 0 Å². The quantitative estimate of drug-likeness (QED) is 0.443. The number of esters is 1. The van der Waals surface area contributed by atoms with Gasteiger partial charge in [-0.2, -0.15) is 5.10 Å². The SMILES string of the molecule is COC(=O)C(I)CNCc1ncnn1CC(C)C. The van der Waals surface area contributed by atoms with Gasteiger partial charge in [-0.1, -0.05) is 36.4 Å². The number of hydrogen-bond donors (Lipinski definition) is 1. The minimum absolute atomic E-state index is 0.186. The van der Waals surface area contributed by atoms with Crippen LogP contribution in [0.2, 0.25) is 0 Å². The summed E-state index contributed by atoms with van der Waals surface area (Å²) >= 11 is 2.06. The number of methoxy groups -OCH3 is 1. The van der Waals surface area contributed by atoms with E-state index in [0.29, 0.717) is 19.0 Å². The van der Waals surface area contributed by atoms with Crippen LogP contribution < -0.4 is 5.32 Å². The molecule has 1 heterocycles. The van der Waals surface area contributed by atoms with Gasteiger partial charge in [0.1, 0.15) is 16.1 Å². The Morgan fingerprint density at radius 2 is 2.33 bits per heavy atom. The summed E-state index contributed by atoms with van der Waals surface area (Å²) in [6.45, 7) is 6.28. The molecule has 0 aliphatic heterocycles. The molecule has 1 atom stereocenters. The highest BCUT2D eigenvalue weighted by molar-refractivity contribution is 14.1. The highest BCUT2D eigenvalue weighted by Gasteiger charge is 2.14. The lowest BCUT2D eigenvalue weighted by molar-refractivity contribution is -0.139. The molecular formula is C11H19IN4O2. The van der Waals surface area contributed by atoms with Crippen molar-refractivity contribution in [1.29, 1.82) is 0 Å². The minimum atomic E-state index is -0.216. The molecule has 1 unspecified atom stereocenters. The Morgan fingerprint density at radius 3 is 2.94 bits per heavy atom. The van der Waals surface area contributed by atoms with Crippen molar-refractivity contribution in [3.8, 4) is 0 Å². The second-order valence-electron chi connectivity index (χ2n) is 4.37. The van der Waals surface area contributed by atoms with E-state index in [2.05, 4.69) is 56.6 Å². The van der Waals surface area contributed by atoms with Crippen molar-refractivity contribution in [3.63, 3.8) is 0 Å². The van der Waals surface area contributed by atoms with E-state index in [4.69, 9.17) is 0 Å². The molecule has 6 nitrogen and oxygen atoms in total. The third-order valence-electron chi connectivity index (χ3n) is 2.30. The number of carbonyl (C=O) groups excluding carboxylic acids is 1. The maximum absolute atomic E-state index is 11.2. The third-order valence-corrected chi connectivity index (χ3v) is 3.25. The normalized spacial score (nSPS) is 12.7. The average molecular weight is 366 g/mol. The van der Waals surface area contributed by atoms with Crippen molar-refractivity contribution in [2.45, 2.75) is 30.9 Å².